The van der Waals surface area contributed by atoms with Crippen molar-refractivity contribution in [1.82, 2.24) is 0 Å². The number of nitrogens with zero attached hydrogens (tertiary/aromatic N) is 1. The van der Waals surface area contributed by atoms with E-state index in [2.05, 4.69) is 0 Å². The van der Waals surface area contributed by atoms with E-state index >= 15 is 0 Å². The van der Waals surface area contributed by atoms with Crippen molar-refractivity contribution in [1.29, 1.82) is 0 Å². The standard InChI is InChI=1S/C26H22ClNO6/c1-3-34-19-11-12-21(27)20(14-19)24(30)22-23(15-5-4-6-17(29)13-15)28(26(32)25(22)31)16-7-9-18(33-2)10-8-16/h4-14,23,29-30H,3H2,1-2H3/b24-22+. The maximum absolute atomic E-state index is 13.2. The van der Waals surface area contributed by atoms with Gasteiger partial charge in [0.05, 0.1) is 30.4 Å². The molecule has 0 spiro atoms. The van der Waals surface area contributed by atoms with Crippen LogP contribution in [-0.4, -0.2) is 35.6 Å². The Hall–Kier alpha value is -3.97. The number of rotatable bonds is 6. The van der Waals surface area contributed by atoms with Crippen LogP contribution in [0.1, 0.15) is 24.1 Å². The number of amides is 1. The maximum Gasteiger partial charge on any atom is 0.300 e. The van der Waals surface area contributed by atoms with E-state index in [0.29, 0.717) is 29.4 Å². The van der Waals surface area contributed by atoms with Crippen LogP contribution in [0, 0.1) is 0 Å². The number of hydrogen-bond donors (Lipinski definition) is 2. The van der Waals surface area contributed by atoms with E-state index in [9.17, 15) is 19.8 Å². The SMILES string of the molecule is CCOc1ccc(Cl)c(/C(O)=C2\C(=O)C(=O)N(c3ccc(OC)cc3)C2c2cccc(O)c2)c1. The lowest BCUT2D eigenvalue weighted by Crippen LogP contribution is -2.29. The Kier molecular flexibility index (Phi) is 6.47. The number of hydrogen-bond acceptors (Lipinski definition) is 6. The second kappa shape index (κ2) is 9.49. The minimum Gasteiger partial charge on any atom is -0.508 e. The number of ketones is 1. The monoisotopic (exact) mass is 479 g/mol. The third kappa shape index (κ3) is 4.18. The number of benzene rings is 3. The second-order valence-corrected chi connectivity index (χ2v) is 7.94. The van der Waals surface area contributed by atoms with Crippen molar-refractivity contribution in [2.24, 2.45) is 0 Å². The third-order valence-electron chi connectivity index (χ3n) is 5.48. The predicted octanol–water partition coefficient (Wildman–Crippen LogP) is 5.08. The smallest absolute Gasteiger partial charge is 0.300 e. The lowest BCUT2D eigenvalue weighted by molar-refractivity contribution is -0.132. The molecule has 1 saturated heterocycles. The number of phenols is 1. The van der Waals surface area contributed by atoms with E-state index in [1.807, 2.05) is 6.92 Å². The number of aliphatic hydroxyl groups is 1. The topological polar surface area (TPSA) is 96.3 Å². The molecule has 1 heterocycles. The molecule has 8 heteroatoms. The highest BCUT2D eigenvalue weighted by atomic mass is 35.5. The highest BCUT2D eigenvalue weighted by molar-refractivity contribution is 6.52. The molecule has 0 radical (unpaired) electrons. The summed E-state index contributed by atoms with van der Waals surface area (Å²) in [6.45, 7) is 2.21. The lowest BCUT2D eigenvalue weighted by Gasteiger charge is -2.25. The molecule has 1 aliphatic heterocycles. The molecule has 3 aromatic rings. The Morgan fingerprint density at radius 3 is 2.38 bits per heavy atom. The number of aromatic hydroxyl groups is 1. The van der Waals surface area contributed by atoms with Gasteiger partial charge in [0.2, 0.25) is 0 Å². The number of carbonyl (C=O) groups is 2. The highest BCUT2D eigenvalue weighted by Crippen LogP contribution is 2.44. The van der Waals surface area contributed by atoms with Gasteiger partial charge in [0, 0.05) is 11.3 Å². The zero-order chi connectivity index (χ0) is 24.4. The summed E-state index contributed by atoms with van der Waals surface area (Å²) in [5, 5.41) is 21.6. The number of Topliss-reactive ketones (excluding diaryl/α,β-unsaturated/α-hetero) is 1. The summed E-state index contributed by atoms with van der Waals surface area (Å²) in [6, 6.07) is 16.5. The van der Waals surface area contributed by atoms with Crippen LogP contribution < -0.4 is 14.4 Å². The van der Waals surface area contributed by atoms with Crippen molar-refractivity contribution in [2.45, 2.75) is 13.0 Å². The molecule has 0 saturated carbocycles. The van der Waals surface area contributed by atoms with E-state index in [4.69, 9.17) is 21.1 Å². The Morgan fingerprint density at radius 2 is 1.74 bits per heavy atom. The number of aliphatic hydroxyl groups excluding tert-OH is 1. The number of carbonyl (C=O) groups excluding carboxylic acids is 2. The molecule has 1 fully saturated rings. The molecular formula is C26H22ClNO6. The van der Waals surface area contributed by atoms with Crippen LogP contribution in [0.3, 0.4) is 0 Å². The van der Waals surface area contributed by atoms with Crippen molar-refractivity contribution in [3.63, 3.8) is 0 Å². The molecule has 4 rings (SSSR count). The third-order valence-corrected chi connectivity index (χ3v) is 5.81. The van der Waals surface area contributed by atoms with E-state index in [1.54, 1.807) is 48.5 Å². The van der Waals surface area contributed by atoms with Crippen molar-refractivity contribution < 1.29 is 29.3 Å². The number of anilines is 1. The fraction of sp³-hybridized carbons (Fsp3) is 0.154. The molecule has 3 aromatic carbocycles. The van der Waals surface area contributed by atoms with Crippen LogP contribution in [0.15, 0.2) is 72.3 Å². The summed E-state index contributed by atoms with van der Waals surface area (Å²) < 4.78 is 10.7. The number of ether oxygens (including phenoxy) is 2. The summed E-state index contributed by atoms with van der Waals surface area (Å²) >= 11 is 6.35. The largest absolute Gasteiger partial charge is 0.508 e. The summed E-state index contributed by atoms with van der Waals surface area (Å²) in [5.74, 6) is -1.15. The number of phenolic OH excluding ortho intramolecular Hbond substituents is 1. The van der Waals surface area contributed by atoms with Gasteiger partial charge in [-0.2, -0.15) is 0 Å². The van der Waals surface area contributed by atoms with Gasteiger partial charge < -0.3 is 19.7 Å². The molecule has 1 unspecified atom stereocenters. The predicted molar refractivity (Wildman–Crippen MR) is 129 cm³/mol. The van der Waals surface area contributed by atoms with E-state index < -0.39 is 23.5 Å². The Labute approximate surface area is 201 Å². The maximum atomic E-state index is 13.2. The first-order valence-electron chi connectivity index (χ1n) is 10.5. The van der Waals surface area contributed by atoms with Gasteiger partial charge in [-0.05, 0) is 67.1 Å². The first-order chi connectivity index (χ1) is 16.3. The van der Waals surface area contributed by atoms with Gasteiger partial charge in [-0.15, -0.1) is 0 Å². The quantitative estimate of drug-likeness (QED) is 0.291. The zero-order valence-electron chi connectivity index (χ0n) is 18.5. The van der Waals surface area contributed by atoms with E-state index in [-0.39, 0.29) is 21.9 Å². The van der Waals surface area contributed by atoms with Gasteiger partial charge in [-0.3, -0.25) is 14.5 Å². The van der Waals surface area contributed by atoms with Crippen LogP contribution in [0.25, 0.3) is 5.76 Å². The molecule has 174 valence electrons. The van der Waals surface area contributed by atoms with Crippen LogP contribution in [-0.2, 0) is 9.59 Å². The first-order valence-corrected chi connectivity index (χ1v) is 10.9. The molecule has 34 heavy (non-hydrogen) atoms. The number of methoxy groups -OCH3 is 1. The molecule has 0 aromatic heterocycles. The van der Waals surface area contributed by atoms with E-state index in [1.165, 1.54) is 30.2 Å². The molecule has 1 aliphatic rings. The fourth-order valence-electron chi connectivity index (χ4n) is 3.94. The van der Waals surface area contributed by atoms with Crippen molar-refractivity contribution >= 4 is 34.7 Å². The average molecular weight is 480 g/mol. The van der Waals surface area contributed by atoms with Gasteiger partial charge in [-0.1, -0.05) is 23.7 Å². The molecule has 2 N–H and O–H groups in total. The average Bonchev–Trinajstić information content (AvgIpc) is 3.10. The van der Waals surface area contributed by atoms with Gasteiger partial charge in [0.1, 0.15) is 23.0 Å². The van der Waals surface area contributed by atoms with Gasteiger partial charge in [0.15, 0.2) is 0 Å². The molecule has 7 nitrogen and oxygen atoms in total. The fourth-order valence-corrected chi connectivity index (χ4v) is 4.15. The minimum absolute atomic E-state index is 0.0470. The second-order valence-electron chi connectivity index (χ2n) is 7.54. The van der Waals surface area contributed by atoms with Crippen LogP contribution in [0.4, 0.5) is 5.69 Å². The Bertz CT molecular complexity index is 1280. The molecular weight excluding hydrogens is 458 g/mol. The number of halogens is 1. The van der Waals surface area contributed by atoms with Gasteiger partial charge in [-0.25, -0.2) is 0 Å². The first kappa shape index (κ1) is 23.2. The lowest BCUT2D eigenvalue weighted by atomic mass is 9.95. The normalized spacial score (nSPS) is 17.1. The van der Waals surface area contributed by atoms with Crippen LogP contribution in [0.2, 0.25) is 5.02 Å². The van der Waals surface area contributed by atoms with Gasteiger partial charge in [0.25, 0.3) is 11.7 Å². The van der Waals surface area contributed by atoms with Crippen molar-refractivity contribution in [3.05, 3.63) is 88.5 Å². The van der Waals surface area contributed by atoms with E-state index in [0.717, 1.165) is 0 Å². The summed E-state index contributed by atoms with van der Waals surface area (Å²) in [5.41, 5.74) is 0.866. The molecule has 1 atom stereocenters. The van der Waals surface area contributed by atoms with Crippen LogP contribution >= 0.6 is 11.6 Å². The highest BCUT2D eigenvalue weighted by Gasteiger charge is 2.47. The minimum atomic E-state index is -1.01. The van der Waals surface area contributed by atoms with Crippen LogP contribution in [0.5, 0.6) is 17.2 Å². The summed E-state index contributed by atoms with van der Waals surface area (Å²) in [7, 11) is 1.52. The Balaban J connectivity index is 1.94. The molecule has 1 amide bonds. The summed E-state index contributed by atoms with van der Waals surface area (Å²) in [6.07, 6.45) is 0. The Morgan fingerprint density at radius 1 is 1.03 bits per heavy atom. The molecule has 0 bridgehead atoms. The van der Waals surface area contributed by atoms with Crippen molar-refractivity contribution in [2.75, 3.05) is 18.6 Å². The zero-order valence-corrected chi connectivity index (χ0v) is 19.2. The molecule has 0 aliphatic carbocycles. The summed E-state index contributed by atoms with van der Waals surface area (Å²) in [4.78, 5) is 27.7. The van der Waals surface area contributed by atoms with Gasteiger partial charge >= 0.3 is 0 Å². The van der Waals surface area contributed by atoms with Crippen molar-refractivity contribution in [3.8, 4) is 17.2 Å².